The van der Waals surface area contributed by atoms with Crippen LogP contribution in [-0.4, -0.2) is 33.5 Å². The highest BCUT2D eigenvalue weighted by Crippen LogP contribution is 2.29. The third-order valence-electron chi connectivity index (χ3n) is 2.75. The molecule has 0 aliphatic carbocycles. The van der Waals surface area contributed by atoms with Gasteiger partial charge in [-0.2, -0.15) is 13.2 Å². The van der Waals surface area contributed by atoms with Gasteiger partial charge in [-0.25, -0.2) is 0 Å². The minimum atomic E-state index is -4.28. The quantitative estimate of drug-likeness (QED) is 0.756. The van der Waals surface area contributed by atoms with Crippen LogP contribution < -0.4 is 10.1 Å². The van der Waals surface area contributed by atoms with E-state index in [0.29, 0.717) is 12.2 Å². The van der Waals surface area contributed by atoms with Gasteiger partial charge in [0.2, 0.25) is 0 Å². The summed E-state index contributed by atoms with van der Waals surface area (Å²) in [6.45, 7) is -1.18. The van der Waals surface area contributed by atoms with E-state index in [1.165, 1.54) is 0 Å². The van der Waals surface area contributed by atoms with Crippen LogP contribution in [0.3, 0.4) is 0 Å². The summed E-state index contributed by atoms with van der Waals surface area (Å²) in [5.74, 6) is 0.712. The van der Waals surface area contributed by atoms with Crippen LogP contribution in [0.15, 0.2) is 22.7 Å². The molecule has 1 N–H and O–H groups in total. The van der Waals surface area contributed by atoms with Crippen molar-refractivity contribution in [3.63, 3.8) is 0 Å². The lowest BCUT2D eigenvalue weighted by Gasteiger charge is -2.19. The van der Waals surface area contributed by atoms with E-state index in [9.17, 15) is 13.2 Å². The fraction of sp³-hybridized carbons (Fsp3) is 0.538. The van der Waals surface area contributed by atoms with Crippen molar-refractivity contribution >= 4 is 15.9 Å². The van der Waals surface area contributed by atoms with Gasteiger partial charge in [-0.3, -0.25) is 0 Å². The third kappa shape index (κ3) is 5.68. The van der Waals surface area contributed by atoms with E-state index >= 15 is 0 Å². The molecule has 1 unspecified atom stereocenters. The predicted octanol–water partition coefficient (Wildman–Crippen LogP) is 3.69. The monoisotopic (exact) mass is 355 g/mol. The third-order valence-corrected chi connectivity index (χ3v) is 3.43. The van der Waals surface area contributed by atoms with Gasteiger partial charge in [-0.15, -0.1) is 0 Å². The van der Waals surface area contributed by atoms with Crippen LogP contribution in [0.4, 0.5) is 13.2 Å². The highest BCUT2D eigenvalue weighted by Gasteiger charge is 2.27. The van der Waals surface area contributed by atoms with Crippen molar-refractivity contribution in [2.24, 2.45) is 0 Å². The van der Waals surface area contributed by atoms with Gasteiger partial charge in [0.15, 0.2) is 0 Å². The molecular weight excluding hydrogens is 339 g/mol. The smallest absolute Gasteiger partial charge is 0.411 e. The van der Waals surface area contributed by atoms with Crippen LogP contribution >= 0.6 is 15.9 Å². The number of hydrogen-bond acceptors (Lipinski definition) is 3. The van der Waals surface area contributed by atoms with Crippen molar-refractivity contribution in [1.82, 2.24) is 5.32 Å². The van der Waals surface area contributed by atoms with E-state index in [-0.39, 0.29) is 12.6 Å². The van der Waals surface area contributed by atoms with Gasteiger partial charge in [0.05, 0.1) is 7.11 Å². The molecule has 0 bridgehead atoms. The normalized spacial score (nSPS) is 13.3. The second kappa shape index (κ2) is 7.85. The minimum absolute atomic E-state index is 0.0312. The molecule has 1 atom stereocenters. The molecule has 0 saturated carbocycles. The zero-order valence-electron chi connectivity index (χ0n) is 11.3. The van der Waals surface area contributed by atoms with E-state index < -0.39 is 12.8 Å². The Hall–Kier alpha value is -0.790. The standard InChI is InChI=1S/C13H17BrF3NO2/c1-18-12(5-6-20-8-13(15,16)17)10-4-3-9(19-2)7-11(10)14/h3-4,7,12,18H,5-6,8H2,1-2H3. The van der Waals surface area contributed by atoms with Crippen LogP contribution in [0.1, 0.15) is 18.0 Å². The second-order valence-corrected chi connectivity index (χ2v) is 5.04. The predicted molar refractivity (Wildman–Crippen MR) is 74.0 cm³/mol. The van der Waals surface area contributed by atoms with Crippen LogP contribution in [0, 0.1) is 0 Å². The molecule has 1 aromatic carbocycles. The highest BCUT2D eigenvalue weighted by molar-refractivity contribution is 9.10. The first-order chi connectivity index (χ1) is 9.37. The van der Waals surface area contributed by atoms with Gasteiger partial charge < -0.3 is 14.8 Å². The first kappa shape index (κ1) is 17.3. The summed E-state index contributed by atoms with van der Waals surface area (Å²) in [7, 11) is 3.33. The van der Waals surface area contributed by atoms with Crippen molar-refractivity contribution in [1.29, 1.82) is 0 Å². The number of benzene rings is 1. The summed E-state index contributed by atoms with van der Waals surface area (Å²) < 4.78 is 46.5. The summed E-state index contributed by atoms with van der Waals surface area (Å²) in [5, 5.41) is 3.06. The molecule has 7 heteroatoms. The molecule has 0 spiro atoms. The molecule has 3 nitrogen and oxygen atoms in total. The average molecular weight is 356 g/mol. The van der Waals surface area contributed by atoms with Gasteiger partial charge in [0.1, 0.15) is 12.4 Å². The van der Waals surface area contributed by atoms with Gasteiger partial charge in [0, 0.05) is 17.1 Å². The maximum absolute atomic E-state index is 12.0. The first-order valence-electron chi connectivity index (χ1n) is 6.02. The molecule has 0 aromatic heterocycles. The van der Waals surface area contributed by atoms with Crippen LogP contribution in [0.5, 0.6) is 5.75 Å². The number of alkyl halides is 3. The molecule has 0 amide bonds. The van der Waals surface area contributed by atoms with Crippen LogP contribution in [0.25, 0.3) is 0 Å². The number of methoxy groups -OCH3 is 1. The molecule has 1 rings (SSSR count). The summed E-state index contributed by atoms with van der Waals surface area (Å²) in [5.41, 5.74) is 0.948. The van der Waals surface area contributed by atoms with Gasteiger partial charge >= 0.3 is 6.18 Å². The summed E-state index contributed by atoms with van der Waals surface area (Å²) in [4.78, 5) is 0. The Labute approximate surface area is 124 Å². The number of nitrogens with one attached hydrogen (secondary N) is 1. The highest BCUT2D eigenvalue weighted by atomic mass is 79.9. The Kier molecular flexibility index (Phi) is 6.78. The maximum atomic E-state index is 12.0. The van der Waals surface area contributed by atoms with E-state index in [0.717, 1.165) is 10.0 Å². The largest absolute Gasteiger partial charge is 0.497 e. The molecular formula is C13H17BrF3NO2. The zero-order chi connectivity index (χ0) is 15.2. The Morgan fingerprint density at radius 3 is 2.55 bits per heavy atom. The lowest BCUT2D eigenvalue weighted by Crippen LogP contribution is -2.22. The molecule has 0 radical (unpaired) electrons. The molecule has 114 valence electrons. The first-order valence-corrected chi connectivity index (χ1v) is 6.82. The molecule has 0 saturated heterocycles. The van der Waals surface area contributed by atoms with Gasteiger partial charge in [-0.1, -0.05) is 22.0 Å². The average Bonchev–Trinajstić information content (AvgIpc) is 2.38. The van der Waals surface area contributed by atoms with E-state index in [1.807, 2.05) is 12.1 Å². The SMILES string of the molecule is CNC(CCOCC(F)(F)F)c1ccc(OC)cc1Br. The molecule has 0 aliphatic rings. The fourth-order valence-electron chi connectivity index (χ4n) is 1.76. The number of halogens is 4. The topological polar surface area (TPSA) is 30.5 Å². The van der Waals surface area contributed by atoms with Crippen molar-refractivity contribution in [2.45, 2.75) is 18.6 Å². The van der Waals surface area contributed by atoms with Gasteiger partial charge in [0.25, 0.3) is 0 Å². The molecule has 0 aliphatic heterocycles. The fourth-order valence-corrected chi connectivity index (χ4v) is 2.40. The van der Waals surface area contributed by atoms with Crippen LogP contribution in [-0.2, 0) is 4.74 Å². The molecule has 20 heavy (non-hydrogen) atoms. The van der Waals surface area contributed by atoms with E-state index in [2.05, 4.69) is 26.0 Å². The van der Waals surface area contributed by atoms with Crippen molar-refractivity contribution in [3.05, 3.63) is 28.2 Å². The second-order valence-electron chi connectivity index (χ2n) is 4.19. The molecule has 1 aromatic rings. The van der Waals surface area contributed by atoms with Gasteiger partial charge in [-0.05, 0) is 31.2 Å². The summed E-state index contributed by atoms with van der Waals surface area (Å²) in [6, 6.07) is 5.40. The van der Waals surface area contributed by atoms with Crippen molar-refractivity contribution in [3.8, 4) is 5.75 Å². The van der Waals surface area contributed by atoms with E-state index in [4.69, 9.17) is 4.74 Å². The summed E-state index contributed by atoms with van der Waals surface area (Å²) in [6.07, 6.45) is -3.84. The lowest BCUT2D eigenvalue weighted by atomic mass is 10.0. The lowest BCUT2D eigenvalue weighted by molar-refractivity contribution is -0.174. The molecule has 0 fully saturated rings. The van der Waals surface area contributed by atoms with Crippen molar-refractivity contribution < 1.29 is 22.6 Å². The number of rotatable bonds is 7. The number of hydrogen-bond donors (Lipinski definition) is 1. The Morgan fingerprint density at radius 2 is 2.05 bits per heavy atom. The summed E-state index contributed by atoms with van der Waals surface area (Å²) >= 11 is 3.43. The Bertz CT molecular complexity index is 427. The number of ether oxygens (including phenoxy) is 2. The maximum Gasteiger partial charge on any atom is 0.411 e. The Morgan fingerprint density at radius 1 is 1.35 bits per heavy atom. The zero-order valence-corrected chi connectivity index (χ0v) is 12.8. The molecule has 0 heterocycles. The Balaban J connectivity index is 2.58. The van der Waals surface area contributed by atoms with E-state index in [1.54, 1.807) is 20.2 Å². The van der Waals surface area contributed by atoms with Crippen LogP contribution in [0.2, 0.25) is 0 Å². The minimum Gasteiger partial charge on any atom is -0.497 e. The van der Waals surface area contributed by atoms with Crippen molar-refractivity contribution in [2.75, 3.05) is 27.4 Å².